The zero-order valence-electron chi connectivity index (χ0n) is 17.7. The van der Waals surface area contributed by atoms with Crippen LogP contribution in [0.2, 0.25) is 0 Å². The van der Waals surface area contributed by atoms with Gasteiger partial charge in [0.1, 0.15) is 6.54 Å². The lowest BCUT2D eigenvalue weighted by Gasteiger charge is -2.31. The Bertz CT molecular complexity index is 1140. The zero-order chi connectivity index (χ0) is 23.3. The molecule has 0 radical (unpaired) electrons. The lowest BCUT2D eigenvalue weighted by molar-refractivity contribution is -0.141. The first-order valence-electron chi connectivity index (χ1n) is 10.3. The van der Waals surface area contributed by atoms with Crippen LogP contribution < -0.4 is 0 Å². The third-order valence-corrected chi connectivity index (χ3v) is 8.00. The SMILES string of the molecule is COC(=O)Cn1ncc2c1CCC[C@H]2N(C)S(=O)(=O)c1cc(C2CC2)cc(C(F)(F)F)c1. The Morgan fingerprint density at radius 3 is 2.59 bits per heavy atom. The summed E-state index contributed by atoms with van der Waals surface area (Å²) in [6.45, 7) is -0.0899. The molecule has 1 saturated carbocycles. The van der Waals surface area contributed by atoms with Crippen molar-refractivity contribution >= 4 is 16.0 Å². The number of hydrogen-bond donors (Lipinski definition) is 0. The van der Waals surface area contributed by atoms with Crippen molar-refractivity contribution in [1.29, 1.82) is 0 Å². The van der Waals surface area contributed by atoms with Crippen LogP contribution in [-0.2, 0) is 38.7 Å². The molecule has 32 heavy (non-hydrogen) atoms. The molecule has 174 valence electrons. The number of aromatic nitrogens is 2. The monoisotopic (exact) mass is 471 g/mol. The molecular weight excluding hydrogens is 447 g/mol. The van der Waals surface area contributed by atoms with Gasteiger partial charge in [-0.1, -0.05) is 0 Å². The Labute approximate surface area is 184 Å². The van der Waals surface area contributed by atoms with Crippen LogP contribution in [0.4, 0.5) is 13.2 Å². The molecule has 0 N–H and O–H groups in total. The molecule has 0 spiro atoms. The van der Waals surface area contributed by atoms with Crippen LogP contribution in [0.15, 0.2) is 29.3 Å². The molecule has 4 rings (SSSR count). The van der Waals surface area contributed by atoms with E-state index in [9.17, 15) is 26.4 Å². The van der Waals surface area contributed by atoms with Gasteiger partial charge < -0.3 is 4.74 Å². The smallest absolute Gasteiger partial charge is 0.416 e. The van der Waals surface area contributed by atoms with Crippen molar-refractivity contribution in [2.24, 2.45) is 0 Å². The number of methoxy groups -OCH3 is 1. The molecule has 1 aromatic heterocycles. The molecule has 0 saturated heterocycles. The third-order valence-electron chi connectivity index (χ3n) is 6.16. The van der Waals surface area contributed by atoms with Gasteiger partial charge in [-0.05, 0) is 61.8 Å². The first-order chi connectivity index (χ1) is 15.0. The summed E-state index contributed by atoms with van der Waals surface area (Å²) in [5.74, 6) is -0.509. The number of esters is 1. The standard InChI is InChI=1S/C21H24F3N3O4S/c1-26(18-4-3-5-19-17(18)11-25-27(19)12-20(28)31-2)32(29,30)16-9-14(13-6-7-13)8-15(10-16)21(22,23)24/h8-11,13,18H,3-7,12H2,1-2H3/t18-/m1/s1. The van der Waals surface area contributed by atoms with Crippen LogP contribution in [0.3, 0.4) is 0 Å². The molecule has 11 heteroatoms. The zero-order valence-corrected chi connectivity index (χ0v) is 18.5. The van der Waals surface area contributed by atoms with E-state index in [1.807, 2.05) is 0 Å². The summed E-state index contributed by atoms with van der Waals surface area (Å²) in [6, 6.07) is 2.53. The predicted molar refractivity (Wildman–Crippen MR) is 108 cm³/mol. The highest BCUT2D eigenvalue weighted by atomic mass is 32.2. The Morgan fingerprint density at radius 1 is 1.25 bits per heavy atom. The van der Waals surface area contributed by atoms with Crippen LogP contribution in [0.25, 0.3) is 0 Å². The molecule has 2 aliphatic carbocycles. The van der Waals surface area contributed by atoms with Crippen LogP contribution >= 0.6 is 0 Å². The highest BCUT2D eigenvalue weighted by molar-refractivity contribution is 7.89. The van der Waals surface area contributed by atoms with Gasteiger partial charge >= 0.3 is 12.1 Å². The van der Waals surface area contributed by atoms with Gasteiger partial charge in [0.25, 0.3) is 0 Å². The molecule has 2 aromatic rings. The van der Waals surface area contributed by atoms with E-state index in [0.717, 1.165) is 28.9 Å². The topological polar surface area (TPSA) is 81.5 Å². The number of nitrogens with zero attached hydrogens (tertiary/aromatic N) is 3. The summed E-state index contributed by atoms with van der Waals surface area (Å²) >= 11 is 0. The highest BCUT2D eigenvalue weighted by Crippen LogP contribution is 2.44. The normalized spacial score (nSPS) is 19.1. The van der Waals surface area contributed by atoms with E-state index in [1.165, 1.54) is 31.1 Å². The van der Waals surface area contributed by atoms with Gasteiger partial charge in [-0.3, -0.25) is 9.48 Å². The molecule has 0 bridgehead atoms. The summed E-state index contributed by atoms with van der Waals surface area (Å²) in [4.78, 5) is 11.3. The maximum atomic E-state index is 13.5. The average molecular weight is 472 g/mol. The largest absolute Gasteiger partial charge is 0.468 e. The van der Waals surface area contributed by atoms with Gasteiger partial charge in [-0.2, -0.15) is 22.6 Å². The number of ether oxygens (including phenoxy) is 1. The van der Waals surface area contributed by atoms with E-state index >= 15 is 0 Å². The molecule has 1 aromatic carbocycles. The molecule has 1 heterocycles. The summed E-state index contributed by atoms with van der Waals surface area (Å²) in [5.41, 5.74) is 0.836. The van der Waals surface area contributed by atoms with Gasteiger partial charge in [0.05, 0.1) is 29.8 Å². The number of carbonyl (C=O) groups excluding carboxylic acids is 1. The Hall–Kier alpha value is -2.40. The minimum atomic E-state index is -4.64. The van der Waals surface area contributed by atoms with Crippen molar-refractivity contribution < 1.29 is 31.1 Å². The fourth-order valence-electron chi connectivity index (χ4n) is 4.22. The lowest BCUT2D eigenvalue weighted by Crippen LogP contribution is -2.33. The second kappa shape index (κ2) is 8.18. The van der Waals surface area contributed by atoms with Crippen molar-refractivity contribution in [1.82, 2.24) is 14.1 Å². The van der Waals surface area contributed by atoms with Crippen molar-refractivity contribution in [3.05, 3.63) is 46.8 Å². The molecule has 1 atom stereocenters. The third kappa shape index (κ3) is 4.27. The lowest BCUT2D eigenvalue weighted by atomic mass is 9.93. The van der Waals surface area contributed by atoms with Gasteiger partial charge in [-0.25, -0.2) is 8.42 Å². The molecule has 0 amide bonds. The minimum absolute atomic E-state index is 0.0330. The average Bonchev–Trinajstić information content (AvgIpc) is 3.53. The van der Waals surface area contributed by atoms with E-state index in [1.54, 1.807) is 0 Å². The highest BCUT2D eigenvalue weighted by Gasteiger charge is 2.38. The summed E-state index contributed by atoms with van der Waals surface area (Å²) in [6.07, 6.45) is 0.161. The van der Waals surface area contributed by atoms with E-state index in [-0.39, 0.29) is 17.4 Å². The Balaban J connectivity index is 1.69. The fourth-order valence-corrected chi connectivity index (χ4v) is 5.66. The summed E-state index contributed by atoms with van der Waals surface area (Å²) < 4.78 is 74.5. The van der Waals surface area contributed by atoms with Gasteiger partial charge in [0.2, 0.25) is 10.0 Å². The van der Waals surface area contributed by atoms with E-state index in [2.05, 4.69) is 9.84 Å². The van der Waals surface area contributed by atoms with Crippen molar-refractivity contribution in [3.63, 3.8) is 0 Å². The van der Waals surface area contributed by atoms with Crippen LogP contribution in [0.5, 0.6) is 0 Å². The Morgan fingerprint density at radius 2 is 1.97 bits per heavy atom. The van der Waals surface area contributed by atoms with Gasteiger partial charge in [0.15, 0.2) is 0 Å². The maximum absolute atomic E-state index is 13.5. The number of alkyl halides is 3. The molecule has 0 aliphatic heterocycles. The molecule has 0 unspecified atom stereocenters. The maximum Gasteiger partial charge on any atom is 0.416 e. The van der Waals surface area contributed by atoms with Gasteiger partial charge in [0, 0.05) is 18.3 Å². The molecule has 7 nitrogen and oxygen atoms in total. The summed E-state index contributed by atoms with van der Waals surface area (Å²) in [7, 11) is -1.56. The molecule has 1 fully saturated rings. The quantitative estimate of drug-likeness (QED) is 0.601. The first kappa shape index (κ1) is 22.8. The minimum Gasteiger partial charge on any atom is -0.468 e. The first-order valence-corrected chi connectivity index (χ1v) is 11.8. The number of rotatable bonds is 6. The second-order valence-electron chi connectivity index (χ2n) is 8.27. The van der Waals surface area contributed by atoms with Crippen molar-refractivity contribution in [2.75, 3.05) is 14.2 Å². The van der Waals surface area contributed by atoms with Crippen LogP contribution in [-0.4, -0.2) is 42.6 Å². The predicted octanol–water partition coefficient (Wildman–Crippen LogP) is 3.65. The van der Waals surface area contributed by atoms with E-state index in [4.69, 9.17) is 0 Å². The number of sulfonamides is 1. The number of carbonyl (C=O) groups is 1. The number of fused-ring (bicyclic) bond motifs is 1. The number of hydrogen-bond acceptors (Lipinski definition) is 5. The van der Waals surface area contributed by atoms with Gasteiger partial charge in [-0.15, -0.1) is 0 Å². The second-order valence-corrected chi connectivity index (χ2v) is 10.3. The summed E-state index contributed by atoms with van der Waals surface area (Å²) in [5, 5.41) is 4.21. The van der Waals surface area contributed by atoms with Crippen LogP contribution in [0, 0.1) is 0 Å². The number of halogens is 3. The van der Waals surface area contributed by atoms with Crippen LogP contribution in [0.1, 0.15) is 60.0 Å². The van der Waals surface area contributed by atoms with E-state index < -0.39 is 33.8 Å². The van der Waals surface area contributed by atoms with Crippen molar-refractivity contribution in [3.8, 4) is 0 Å². The van der Waals surface area contributed by atoms with E-state index in [0.29, 0.717) is 36.5 Å². The molecular formula is C21H24F3N3O4S. The number of benzene rings is 1. The Kier molecular flexibility index (Phi) is 5.83. The molecule has 2 aliphatic rings. The van der Waals surface area contributed by atoms with Crippen molar-refractivity contribution in [2.45, 2.75) is 61.7 Å². The fraction of sp³-hybridized carbons (Fsp3) is 0.524.